The van der Waals surface area contributed by atoms with E-state index in [1.54, 1.807) is 12.3 Å². The van der Waals surface area contributed by atoms with E-state index < -0.39 is 0 Å². The van der Waals surface area contributed by atoms with Gasteiger partial charge in [-0.25, -0.2) is 0 Å². The Bertz CT molecular complexity index is 625. The summed E-state index contributed by atoms with van der Waals surface area (Å²) in [4.78, 5) is 6.57. The number of rotatable bonds is 2. The second-order valence-corrected chi connectivity index (χ2v) is 5.14. The van der Waals surface area contributed by atoms with Crippen molar-refractivity contribution in [2.75, 3.05) is 18.0 Å². The van der Waals surface area contributed by atoms with Gasteiger partial charge in [0.25, 0.3) is 0 Å². The zero-order chi connectivity index (χ0) is 14.7. The summed E-state index contributed by atoms with van der Waals surface area (Å²) in [5, 5.41) is 11.6. The van der Waals surface area contributed by atoms with E-state index in [0.717, 1.165) is 31.6 Å². The first-order valence-corrected chi connectivity index (χ1v) is 7.03. The molecule has 5 nitrogen and oxygen atoms in total. The Morgan fingerprint density at radius 3 is 2.29 bits per heavy atom. The van der Waals surface area contributed by atoms with Gasteiger partial charge in [0.05, 0.1) is 11.9 Å². The van der Waals surface area contributed by atoms with E-state index in [9.17, 15) is 0 Å². The SMILES string of the molecule is N/C(=N/O)c1ccc(N2CCc3ccccc3CC2)cn1. The second-order valence-electron chi connectivity index (χ2n) is 5.14. The number of benzene rings is 1. The zero-order valence-corrected chi connectivity index (χ0v) is 11.7. The van der Waals surface area contributed by atoms with Crippen molar-refractivity contribution in [2.45, 2.75) is 12.8 Å². The molecule has 21 heavy (non-hydrogen) atoms. The van der Waals surface area contributed by atoms with Crippen LogP contribution in [0.3, 0.4) is 0 Å². The number of amidine groups is 1. The molecule has 1 aliphatic rings. The average molecular weight is 282 g/mol. The first-order valence-electron chi connectivity index (χ1n) is 7.03. The van der Waals surface area contributed by atoms with Crippen LogP contribution in [0.5, 0.6) is 0 Å². The molecule has 0 unspecified atom stereocenters. The van der Waals surface area contributed by atoms with Gasteiger partial charge in [0, 0.05) is 13.1 Å². The average Bonchev–Trinajstić information content (AvgIpc) is 2.77. The van der Waals surface area contributed by atoms with Crippen LogP contribution in [0.25, 0.3) is 0 Å². The van der Waals surface area contributed by atoms with Gasteiger partial charge in [-0.2, -0.15) is 0 Å². The van der Waals surface area contributed by atoms with Gasteiger partial charge >= 0.3 is 0 Å². The Morgan fingerprint density at radius 1 is 1.10 bits per heavy atom. The van der Waals surface area contributed by atoms with Crippen LogP contribution in [0.1, 0.15) is 16.8 Å². The lowest BCUT2D eigenvalue weighted by atomic mass is 10.0. The van der Waals surface area contributed by atoms with Crippen LogP contribution in [0.15, 0.2) is 47.8 Å². The lowest BCUT2D eigenvalue weighted by Crippen LogP contribution is -2.26. The van der Waals surface area contributed by atoms with Crippen LogP contribution in [0, 0.1) is 0 Å². The lowest BCUT2D eigenvalue weighted by molar-refractivity contribution is 0.318. The Hall–Kier alpha value is -2.56. The molecule has 1 aromatic carbocycles. The van der Waals surface area contributed by atoms with Crippen LogP contribution < -0.4 is 10.6 Å². The van der Waals surface area contributed by atoms with Gasteiger partial charge < -0.3 is 15.8 Å². The van der Waals surface area contributed by atoms with E-state index >= 15 is 0 Å². The van der Waals surface area contributed by atoms with Gasteiger partial charge in [0.2, 0.25) is 0 Å². The summed E-state index contributed by atoms with van der Waals surface area (Å²) < 4.78 is 0. The van der Waals surface area contributed by atoms with Crippen molar-refractivity contribution in [2.24, 2.45) is 10.9 Å². The number of oxime groups is 1. The van der Waals surface area contributed by atoms with E-state index in [-0.39, 0.29) is 5.84 Å². The fraction of sp³-hybridized carbons (Fsp3) is 0.250. The molecule has 3 rings (SSSR count). The topological polar surface area (TPSA) is 74.7 Å². The zero-order valence-electron chi connectivity index (χ0n) is 11.7. The molecular weight excluding hydrogens is 264 g/mol. The maximum Gasteiger partial charge on any atom is 0.188 e. The third-order valence-electron chi connectivity index (χ3n) is 3.90. The number of hydrogen-bond acceptors (Lipinski definition) is 4. The fourth-order valence-corrected chi connectivity index (χ4v) is 2.70. The van der Waals surface area contributed by atoms with E-state index in [2.05, 4.69) is 39.3 Å². The van der Waals surface area contributed by atoms with Gasteiger partial charge in [-0.05, 0) is 36.1 Å². The fourth-order valence-electron chi connectivity index (χ4n) is 2.70. The molecule has 1 aromatic heterocycles. The summed E-state index contributed by atoms with van der Waals surface area (Å²) in [5.74, 6) is 0.0322. The van der Waals surface area contributed by atoms with Gasteiger partial charge in [0.1, 0.15) is 5.69 Å². The number of nitrogens with two attached hydrogens (primary N) is 1. The van der Waals surface area contributed by atoms with Crippen LogP contribution in [0.2, 0.25) is 0 Å². The predicted octanol–water partition coefficient (Wildman–Crippen LogP) is 1.78. The van der Waals surface area contributed by atoms with Crippen molar-refractivity contribution in [3.63, 3.8) is 0 Å². The molecule has 2 aromatic rings. The molecule has 5 heteroatoms. The summed E-state index contributed by atoms with van der Waals surface area (Å²) in [7, 11) is 0. The number of fused-ring (bicyclic) bond motifs is 1. The first-order chi connectivity index (χ1) is 10.3. The van der Waals surface area contributed by atoms with Gasteiger partial charge in [-0.15, -0.1) is 0 Å². The minimum Gasteiger partial charge on any atom is -0.409 e. The molecule has 2 heterocycles. The highest BCUT2D eigenvalue weighted by atomic mass is 16.4. The number of hydrogen-bond donors (Lipinski definition) is 2. The Balaban J connectivity index is 1.77. The molecule has 0 aliphatic carbocycles. The number of anilines is 1. The predicted molar refractivity (Wildman–Crippen MR) is 82.8 cm³/mol. The number of nitrogens with zero attached hydrogens (tertiary/aromatic N) is 3. The van der Waals surface area contributed by atoms with Crippen molar-refractivity contribution >= 4 is 11.5 Å². The first kappa shape index (κ1) is 13.4. The summed E-state index contributed by atoms with van der Waals surface area (Å²) >= 11 is 0. The normalized spacial score (nSPS) is 15.4. The third kappa shape index (κ3) is 2.81. The highest BCUT2D eigenvalue weighted by molar-refractivity contribution is 5.95. The minimum absolute atomic E-state index is 0.0322. The molecule has 0 atom stereocenters. The third-order valence-corrected chi connectivity index (χ3v) is 3.90. The van der Waals surface area contributed by atoms with Crippen molar-refractivity contribution in [1.29, 1.82) is 0 Å². The highest BCUT2D eigenvalue weighted by Gasteiger charge is 2.14. The molecule has 0 radical (unpaired) electrons. The molecule has 0 bridgehead atoms. The molecule has 108 valence electrons. The Morgan fingerprint density at radius 2 is 1.76 bits per heavy atom. The minimum atomic E-state index is 0.0322. The summed E-state index contributed by atoms with van der Waals surface area (Å²) in [5.41, 5.74) is 9.95. The van der Waals surface area contributed by atoms with Crippen LogP contribution >= 0.6 is 0 Å². The van der Waals surface area contributed by atoms with Gasteiger partial charge in [-0.3, -0.25) is 4.98 Å². The quantitative estimate of drug-likeness (QED) is 0.381. The smallest absolute Gasteiger partial charge is 0.188 e. The number of pyridine rings is 1. The maximum atomic E-state index is 8.66. The van der Waals surface area contributed by atoms with Crippen molar-refractivity contribution in [3.8, 4) is 0 Å². The molecule has 0 saturated carbocycles. The maximum absolute atomic E-state index is 8.66. The van der Waals surface area contributed by atoms with Crippen molar-refractivity contribution < 1.29 is 5.21 Å². The van der Waals surface area contributed by atoms with E-state index in [4.69, 9.17) is 10.9 Å². The summed E-state index contributed by atoms with van der Waals surface area (Å²) in [6, 6.07) is 12.4. The van der Waals surface area contributed by atoms with Crippen molar-refractivity contribution in [1.82, 2.24) is 4.98 Å². The molecule has 0 saturated heterocycles. The largest absolute Gasteiger partial charge is 0.409 e. The molecular formula is C16H18N4O. The molecule has 0 amide bonds. The number of aromatic nitrogens is 1. The van der Waals surface area contributed by atoms with Crippen molar-refractivity contribution in [3.05, 3.63) is 59.4 Å². The molecule has 0 spiro atoms. The molecule has 0 fully saturated rings. The van der Waals surface area contributed by atoms with Crippen LogP contribution in [-0.4, -0.2) is 29.1 Å². The standard InChI is InChI=1S/C16H18N4O/c17-16(19-21)15-6-5-14(11-18-15)20-9-7-12-3-1-2-4-13(12)8-10-20/h1-6,11,21H,7-10H2,(H2,17,19). The summed E-state index contributed by atoms with van der Waals surface area (Å²) in [6.45, 7) is 1.95. The van der Waals surface area contributed by atoms with E-state index in [1.807, 2.05) is 6.07 Å². The van der Waals surface area contributed by atoms with Crippen LogP contribution in [0.4, 0.5) is 5.69 Å². The molecule has 3 N–H and O–H groups in total. The Labute approximate surface area is 123 Å². The monoisotopic (exact) mass is 282 g/mol. The molecule has 1 aliphatic heterocycles. The second kappa shape index (κ2) is 5.83. The van der Waals surface area contributed by atoms with E-state index in [0.29, 0.717) is 5.69 Å². The summed E-state index contributed by atoms with van der Waals surface area (Å²) in [6.07, 6.45) is 3.86. The van der Waals surface area contributed by atoms with E-state index in [1.165, 1.54) is 11.1 Å². The lowest BCUT2D eigenvalue weighted by Gasteiger charge is -2.22. The van der Waals surface area contributed by atoms with Crippen LogP contribution in [-0.2, 0) is 12.8 Å². The highest BCUT2D eigenvalue weighted by Crippen LogP contribution is 2.20. The Kier molecular flexibility index (Phi) is 3.73. The van der Waals surface area contributed by atoms with Gasteiger partial charge in [0.15, 0.2) is 5.84 Å². The van der Waals surface area contributed by atoms with Gasteiger partial charge in [-0.1, -0.05) is 29.4 Å².